The van der Waals surface area contributed by atoms with Crippen molar-refractivity contribution in [3.8, 4) is 11.4 Å². The van der Waals surface area contributed by atoms with Crippen LogP contribution in [0.3, 0.4) is 0 Å². The first-order valence-electron chi connectivity index (χ1n) is 6.68. The number of nitrogens with zero attached hydrogens (tertiary/aromatic N) is 2. The Morgan fingerprint density at radius 2 is 2.05 bits per heavy atom. The lowest BCUT2D eigenvalue weighted by Gasteiger charge is -2.06. The predicted molar refractivity (Wildman–Crippen MR) is 83.7 cm³/mol. The van der Waals surface area contributed by atoms with Crippen LogP contribution in [0.5, 0.6) is 0 Å². The van der Waals surface area contributed by atoms with Crippen molar-refractivity contribution in [3.05, 3.63) is 53.1 Å². The van der Waals surface area contributed by atoms with Gasteiger partial charge in [-0.1, -0.05) is 29.8 Å². The third-order valence-electron chi connectivity index (χ3n) is 3.45. The van der Waals surface area contributed by atoms with Crippen LogP contribution in [0.15, 0.2) is 42.5 Å². The van der Waals surface area contributed by atoms with Gasteiger partial charge in [0.1, 0.15) is 5.82 Å². The number of hydrogen-bond donors (Lipinski definition) is 1. The molecule has 2 aromatic carbocycles. The van der Waals surface area contributed by atoms with Gasteiger partial charge in [-0.15, -0.1) is 0 Å². The molecule has 3 aromatic rings. The van der Waals surface area contributed by atoms with Crippen LogP contribution in [0.2, 0.25) is 5.02 Å². The predicted octanol–water partition coefficient (Wildman–Crippen LogP) is 3.84. The van der Waals surface area contributed by atoms with Gasteiger partial charge in [0, 0.05) is 23.7 Å². The zero-order chi connectivity index (χ0) is 14.1. The van der Waals surface area contributed by atoms with Gasteiger partial charge in [0.15, 0.2) is 0 Å². The number of rotatable bonds is 3. The molecule has 2 N–H and O–H groups in total. The van der Waals surface area contributed by atoms with E-state index < -0.39 is 0 Å². The zero-order valence-corrected chi connectivity index (χ0v) is 12.1. The van der Waals surface area contributed by atoms with E-state index in [1.807, 2.05) is 24.3 Å². The molecule has 0 saturated heterocycles. The number of nitrogens with two attached hydrogens (primary N) is 1. The molecule has 1 aromatic heterocycles. The first-order chi connectivity index (χ1) is 9.72. The average molecular weight is 286 g/mol. The van der Waals surface area contributed by atoms with Gasteiger partial charge in [-0.05, 0) is 36.8 Å². The highest BCUT2D eigenvalue weighted by Gasteiger charge is 2.12. The van der Waals surface area contributed by atoms with Gasteiger partial charge >= 0.3 is 0 Å². The quantitative estimate of drug-likeness (QED) is 0.795. The van der Waals surface area contributed by atoms with Crippen LogP contribution in [-0.4, -0.2) is 9.55 Å². The lowest BCUT2D eigenvalue weighted by Crippen LogP contribution is -1.98. The summed E-state index contributed by atoms with van der Waals surface area (Å²) in [5.41, 5.74) is 9.92. The van der Waals surface area contributed by atoms with Crippen molar-refractivity contribution in [2.45, 2.75) is 20.0 Å². The fraction of sp³-hybridized carbons (Fsp3) is 0.188. The summed E-state index contributed by atoms with van der Waals surface area (Å²) in [5.74, 6) is 0.944. The number of hydrogen-bond acceptors (Lipinski definition) is 2. The molecule has 0 bridgehead atoms. The molecule has 4 heteroatoms. The molecule has 20 heavy (non-hydrogen) atoms. The molecule has 0 amide bonds. The average Bonchev–Trinajstić information content (AvgIpc) is 2.84. The summed E-state index contributed by atoms with van der Waals surface area (Å²) in [7, 11) is 0. The fourth-order valence-electron chi connectivity index (χ4n) is 2.47. The molecule has 0 aliphatic rings. The van der Waals surface area contributed by atoms with Gasteiger partial charge in [0.05, 0.1) is 11.0 Å². The zero-order valence-electron chi connectivity index (χ0n) is 11.3. The molecule has 0 aliphatic heterocycles. The lowest BCUT2D eigenvalue weighted by molar-refractivity contribution is 0.796. The maximum atomic E-state index is 6.08. The molecule has 1 heterocycles. The lowest BCUT2D eigenvalue weighted by atomic mass is 10.2. The summed E-state index contributed by atoms with van der Waals surface area (Å²) >= 11 is 6.08. The monoisotopic (exact) mass is 285 g/mol. The molecule has 3 rings (SSSR count). The van der Waals surface area contributed by atoms with E-state index in [1.165, 1.54) is 0 Å². The third-order valence-corrected chi connectivity index (χ3v) is 3.68. The van der Waals surface area contributed by atoms with Gasteiger partial charge in [-0.3, -0.25) is 0 Å². The van der Waals surface area contributed by atoms with Crippen LogP contribution in [-0.2, 0) is 13.1 Å². The van der Waals surface area contributed by atoms with E-state index in [9.17, 15) is 0 Å². The van der Waals surface area contributed by atoms with Crippen molar-refractivity contribution in [1.29, 1.82) is 0 Å². The summed E-state index contributed by atoms with van der Waals surface area (Å²) < 4.78 is 2.20. The van der Waals surface area contributed by atoms with Gasteiger partial charge in [-0.25, -0.2) is 4.98 Å². The molecular formula is C16H16ClN3. The van der Waals surface area contributed by atoms with E-state index in [0.717, 1.165) is 39.6 Å². The molecule has 102 valence electrons. The van der Waals surface area contributed by atoms with Crippen LogP contribution in [0.4, 0.5) is 0 Å². The van der Waals surface area contributed by atoms with Crippen LogP contribution >= 0.6 is 11.6 Å². The Kier molecular flexibility index (Phi) is 3.47. The van der Waals surface area contributed by atoms with Crippen molar-refractivity contribution in [1.82, 2.24) is 9.55 Å². The second kappa shape index (κ2) is 5.27. The highest BCUT2D eigenvalue weighted by molar-refractivity contribution is 6.30. The van der Waals surface area contributed by atoms with Crippen LogP contribution in [0.1, 0.15) is 12.5 Å². The van der Waals surface area contributed by atoms with Gasteiger partial charge < -0.3 is 10.3 Å². The van der Waals surface area contributed by atoms with E-state index in [4.69, 9.17) is 22.3 Å². The topological polar surface area (TPSA) is 43.8 Å². The van der Waals surface area contributed by atoms with Crippen molar-refractivity contribution in [2.75, 3.05) is 0 Å². The normalized spacial score (nSPS) is 11.2. The number of imidazole rings is 1. The van der Waals surface area contributed by atoms with E-state index in [1.54, 1.807) is 0 Å². The number of fused-ring (bicyclic) bond motifs is 1. The maximum Gasteiger partial charge on any atom is 0.141 e. The highest BCUT2D eigenvalue weighted by Crippen LogP contribution is 2.27. The SMILES string of the molecule is CCn1c(-c2cccc(Cl)c2)nc2cc(CN)ccc21. The second-order valence-electron chi connectivity index (χ2n) is 4.72. The molecule has 0 unspecified atom stereocenters. The van der Waals surface area contributed by atoms with Crippen LogP contribution < -0.4 is 5.73 Å². The summed E-state index contributed by atoms with van der Waals surface area (Å²) in [4.78, 5) is 4.75. The molecule has 0 saturated carbocycles. The van der Waals surface area contributed by atoms with E-state index in [2.05, 4.69) is 29.7 Å². The van der Waals surface area contributed by atoms with Gasteiger partial charge in [0.2, 0.25) is 0 Å². The molecular weight excluding hydrogens is 270 g/mol. The minimum absolute atomic E-state index is 0.529. The molecule has 0 spiro atoms. The minimum Gasteiger partial charge on any atom is -0.326 e. The first-order valence-corrected chi connectivity index (χ1v) is 7.06. The van der Waals surface area contributed by atoms with E-state index in [-0.39, 0.29) is 0 Å². The number of halogens is 1. The van der Waals surface area contributed by atoms with Crippen molar-refractivity contribution >= 4 is 22.6 Å². The second-order valence-corrected chi connectivity index (χ2v) is 5.15. The summed E-state index contributed by atoms with van der Waals surface area (Å²) in [6, 6.07) is 14.0. The minimum atomic E-state index is 0.529. The molecule has 0 fully saturated rings. The molecule has 0 atom stereocenters. The van der Waals surface area contributed by atoms with Crippen molar-refractivity contribution in [2.24, 2.45) is 5.73 Å². The van der Waals surface area contributed by atoms with Crippen molar-refractivity contribution in [3.63, 3.8) is 0 Å². The maximum absolute atomic E-state index is 6.08. The Hall–Kier alpha value is -1.84. The standard InChI is InChI=1S/C16H16ClN3/c1-2-20-15-7-6-11(10-18)8-14(15)19-16(20)12-4-3-5-13(17)9-12/h3-9H,2,10,18H2,1H3. The first kappa shape index (κ1) is 13.2. The fourth-order valence-corrected chi connectivity index (χ4v) is 2.66. The molecule has 3 nitrogen and oxygen atoms in total. The Morgan fingerprint density at radius 1 is 1.20 bits per heavy atom. The van der Waals surface area contributed by atoms with Crippen molar-refractivity contribution < 1.29 is 0 Å². The van der Waals surface area contributed by atoms with E-state index in [0.29, 0.717) is 6.54 Å². The van der Waals surface area contributed by atoms with Crippen LogP contribution in [0, 0.1) is 0 Å². The molecule has 0 aliphatic carbocycles. The van der Waals surface area contributed by atoms with Gasteiger partial charge in [-0.2, -0.15) is 0 Å². The van der Waals surface area contributed by atoms with E-state index >= 15 is 0 Å². The Labute approximate surface area is 123 Å². The number of benzene rings is 2. The van der Waals surface area contributed by atoms with Crippen LogP contribution in [0.25, 0.3) is 22.4 Å². The largest absolute Gasteiger partial charge is 0.326 e. The Balaban J connectivity index is 2.24. The third kappa shape index (κ3) is 2.19. The summed E-state index contributed by atoms with van der Waals surface area (Å²) in [6.45, 7) is 3.51. The number of aromatic nitrogens is 2. The number of aryl methyl sites for hydroxylation is 1. The molecule has 0 radical (unpaired) electrons. The highest BCUT2D eigenvalue weighted by atomic mass is 35.5. The summed E-state index contributed by atoms with van der Waals surface area (Å²) in [6.07, 6.45) is 0. The Bertz CT molecular complexity index is 762. The Morgan fingerprint density at radius 3 is 2.75 bits per heavy atom. The van der Waals surface area contributed by atoms with Gasteiger partial charge in [0.25, 0.3) is 0 Å². The smallest absolute Gasteiger partial charge is 0.141 e. The summed E-state index contributed by atoms with van der Waals surface area (Å²) in [5, 5.41) is 0.722.